The van der Waals surface area contributed by atoms with Crippen LogP contribution >= 0.6 is 22.9 Å². The smallest absolute Gasteiger partial charge is 0.231 e. The van der Waals surface area contributed by atoms with Crippen LogP contribution < -0.4 is 4.74 Å². The first-order chi connectivity index (χ1) is 11.2. The molecule has 3 aromatic rings. The Morgan fingerprint density at radius 1 is 1.30 bits per heavy atom. The van der Waals surface area contributed by atoms with E-state index in [2.05, 4.69) is 16.0 Å². The predicted octanol–water partition coefficient (Wildman–Crippen LogP) is 4.81. The van der Waals surface area contributed by atoms with Gasteiger partial charge in [0, 0.05) is 4.88 Å². The van der Waals surface area contributed by atoms with E-state index in [0.717, 1.165) is 23.1 Å². The maximum Gasteiger partial charge on any atom is 0.231 e. The van der Waals surface area contributed by atoms with Crippen molar-refractivity contribution in [2.24, 2.45) is 0 Å². The van der Waals surface area contributed by atoms with E-state index < -0.39 is 0 Å². The van der Waals surface area contributed by atoms with Crippen LogP contribution in [0.3, 0.4) is 0 Å². The van der Waals surface area contributed by atoms with Crippen molar-refractivity contribution in [3.8, 4) is 17.7 Å². The maximum absolute atomic E-state index is 8.93. The lowest BCUT2D eigenvalue weighted by molar-refractivity contribution is 0.466. The molecule has 0 unspecified atom stereocenters. The zero-order chi connectivity index (χ0) is 16.0. The molecule has 0 N–H and O–H groups in total. The SMILES string of the molecule is Cc1nc(Oc2ccc(C#N)cc2Cl)c2c3c(sc2n1)CCC3. The normalized spacial score (nSPS) is 13.1. The van der Waals surface area contributed by atoms with E-state index in [4.69, 9.17) is 21.6 Å². The summed E-state index contributed by atoms with van der Waals surface area (Å²) in [7, 11) is 0. The quantitative estimate of drug-likeness (QED) is 0.671. The fourth-order valence-electron chi connectivity index (χ4n) is 2.90. The summed E-state index contributed by atoms with van der Waals surface area (Å²) in [6, 6.07) is 7.05. The summed E-state index contributed by atoms with van der Waals surface area (Å²) in [5, 5.41) is 10.3. The standard InChI is InChI=1S/C17H12ClN3OS/c1-9-20-16(22-13-6-5-10(8-19)7-12(13)18)15-11-3-2-4-14(11)23-17(15)21-9/h5-7H,2-4H2,1H3. The fourth-order valence-corrected chi connectivity index (χ4v) is 4.41. The number of hydrogen-bond acceptors (Lipinski definition) is 5. The molecule has 1 aliphatic rings. The molecule has 2 aromatic heterocycles. The minimum atomic E-state index is 0.403. The highest BCUT2D eigenvalue weighted by Crippen LogP contribution is 2.42. The number of ether oxygens (including phenoxy) is 1. The van der Waals surface area contributed by atoms with Crippen molar-refractivity contribution in [3.63, 3.8) is 0 Å². The van der Waals surface area contributed by atoms with Crippen LogP contribution in [0.5, 0.6) is 11.6 Å². The second kappa shape index (κ2) is 5.48. The molecule has 1 aromatic carbocycles. The van der Waals surface area contributed by atoms with Crippen LogP contribution in [-0.4, -0.2) is 9.97 Å². The van der Waals surface area contributed by atoms with Gasteiger partial charge in [0.15, 0.2) is 0 Å². The van der Waals surface area contributed by atoms with Crippen molar-refractivity contribution < 1.29 is 4.74 Å². The Bertz CT molecular complexity index is 974. The average molecular weight is 342 g/mol. The summed E-state index contributed by atoms with van der Waals surface area (Å²) in [6.07, 6.45) is 3.31. The molecule has 6 heteroatoms. The molecular formula is C17H12ClN3OS. The van der Waals surface area contributed by atoms with E-state index in [0.29, 0.717) is 28.0 Å². The van der Waals surface area contributed by atoms with E-state index in [1.807, 2.05) is 6.92 Å². The number of benzene rings is 1. The Morgan fingerprint density at radius 3 is 2.96 bits per heavy atom. The molecule has 1 aliphatic carbocycles. The minimum Gasteiger partial charge on any atom is -0.437 e. The van der Waals surface area contributed by atoms with Crippen LogP contribution in [-0.2, 0) is 12.8 Å². The summed E-state index contributed by atoms with van der Waals surface area (Å²) < 4.78 is 6.00. The Morgan fingerprint density at radius 2 is 2.17 bits per heavy atom. The molecule has 2 heterocycles. The van der Waals surface area contributed by atoms with Crippen molar-refractivity contribution in [1.82, 2.24) is 9.97 Å². The summed E-state index contributed by atoms with van der Waals surface area (Å²) in [5.74, 6) is 1.73. The molecule has 0 radical (unpaired) electrons. The van der Waals surface area contributed by atoms with Gasteiger partial charge in [-0.05, 0) is 49.9 Å². The number of thiophene rings is 1. The first-order valence-corrected chi connectivity index (χ1v) is 8.51. The van der Waals surface area contributed by atoms with Crippen LogP contribution in [0.15, 0.2) is 18.2 Å². The van der Waals surface area contributed by atoms with E-state index in [-0.39, 0.29) is 0 Å². The van der Waals surface area contributed by atoms with E-state index in [1.54, 1.807) is 29.5 Å². The molecule has 23 heavy (non-hydrogen) atoms. The van der Waals surface area contributed by atoms with Crippen molar-refractivity contribution >= 4 is 33.2 Å². The third kappa shape index (κ3) is 2.44. The molecule has 0 bridgehead atoms. The highest BCUT2D eigenvalue weighted by molar-refractivity contribution is 7.19. The summed E-state index contributed by atoms with van der Waals surface area (Å²) in [5.41, 5.74) is 1.81. The van der Waals surface area contributed by atoms with Gasteiger partial charge in [-0.3, -0.25) is 0 Å². The van der Waals surface area contributed by atoms with Gasteiger partial charge in [0.2, 0.25) is 5.88 Å². The Labute approximate surface area is 142 Å². The van der Waals surface area contributed by atoms with Crippen molar-refractivity contribution in [1.29, 1.82) is 5.26 Å². The molecule has 0 saturated heterocycles. The van der Waals surface area contributed by atoms with Crippen molar-refractivity contribution in [3.05, 3.63) is 45.1 Å². The van der Waals surface area contributed by atoms with Gasteiger partial charge < -0.3 is 4.74 Å². The van der Waals surface area contributed by atoms with Crippen molar-refractivity contribution in [2.45, 2.75) is 26.2 Å². The van der Waals surface area contributed by atoms with Crippen LogP contribution in [0.1, 0.15) is 28.2 Å². The molecule has 0 atom stereocenters. The zero-order valence-electron chi connectivity index (χ0n) is 12.4. The molecule has 4 nitrogen and oxygen atoms in total. The molecule has 0 saturated carbocycles. The van der Waals surface area contributed by atoms with Crippen molar-refractivity contribution in [2.75, 3.05) is 0 Å². The van der Waals surface area contributed by atoms with Crippen LogP contribution in [0, 0.1) is 18.3 Å². The van der Waals surface area contributed by atoms with Gasteiger partial charge in [-0.2, -0.15) is 10.2 Å². The van der Waals surface area contributed by atoms with Crippen LogP contribution in [0.25, 0.3) is 10.2 Å². The number of aromatic nitrogens is 2. The van der Waals surface area contributed by atoms with Gasteiger partial charge in [-0.1, -0.05) is 11.6 Å². The molecular weight excluding hydrogens is 330 g/mol. The van der Waals surface area contributed by atoms with E-state index in [1.165, 1.54) is 16.9 Å². The third-order valence-corrected chi connectivity index (χ3v) is 5.39. The number of halogens is 1. The van der Waals surface area contributed by atoms with E-state index in [9.17, 15) is 0 Å². The van der Waals surface area contributed by atoms with Gasteiger partial charge in [0.25, 0.3) is 0 Å². The summed E-state index contributed by atoms with van der Waals surface area (Å²) >= 11 is 7.95. The Balaban J connectivity index is 1.84. The number of aryl methyl sites for hydroxylation is 3. The second-order valence-electron chi connectivity index (χ2n) is 5.47. The minimum absolute atomic E-state index is 0.403. The van der Waals surface area contributed by atoms with Gasteiger partial charge in [0.05, 0.1) is 22.0 Å². The lowest BCUT2D eigenvalue weighted by atomic mass is 10.2. The summed E-state index contributed by atoms with van der Waals surface area (Å²) in [6.45, 7) is 1.86. The molecule has 114 valence electrons. The number of nitrogens with zero attached hydrogens (tertiary/aromatic N) is 3. The van der Waals surface area contributed by atoms with Crippen LogP contribution in [0.4, 0.5) is 0 Å². The molecule has 0 spiro atoms. The Kier molecular flexibility index (Phi) is 3.44. The predicted molar refractivity (Wildman–Crippen MR) is 90.4 cm³/mol. The zero-order valence-corrected chi connectivity index (χ0v) is 14.0. The first-order valence-electron chi connectivity index (χ1n) is 7.32. The molecule has 0 amide bonds. The fraction of sp³-hybridized carbons (Fsp3) is 0.235. The maximum atomic E-state index is 8.93. The van der Waals surface area contributed by atoms with Gasteiger partial charge in [-0.15, -0.1) is 11.3 Å². The highest BCUT2D eigenvalue weighted by atomic mass is 35.5. The highest BCUT2D eigenvalue weighted by Gasteiger charge is 2.23. The first kappa shape index (κ1) is 14.4. The molecule has 0 fully saturated rings. The topological polar surface area (TPSA) is 58.8 Å². The van der Waals surface area contributed by atoms with E-state index >= 15 is 0 Å². The average Bonchev–Trinajstić information content (AvgIpc) is 3.09. The summed E-state index contributed by atoms with van der Waals surface area (Å²) in [4.78, 5) is 11.4. The lowest BCUT2D eigenvalue weighted by Crippen LogP contribution is -1.95. The molecule has 4 rings (SSSR count). The van der Waals surface area contributed by atoms with Gasteiger partial charge in [0.1, 0.15) is 16.4 Å². The van der Waals surface area contributed by atoms with Gasteiger partial charge in [-0.25, -0.2) is 4.98 Å². The third-order valence-electron chi connectivity index (χ3n) is 3.91. The molecule has 0 aliphatic heterocycles. The Hall–Kier alpha value is -2.16. The monoisotopic (exact) mass is 341 g/mol. The number of rotatable bonds is 2. The number of nitriles is 1. The van der Waals surface area contributed by atoms with Gasteiger partial charge >= 0.3 is 0 Å². The second-order valence-corrected chi connectivity index (χ2v) is 6.96. The van der Waals surface area contributed by atoms with Crippen LogP contribution in [0.2, 0.25) is 5.02 Å². The number of hydrogen-bond donors (Lipinski definition) is 0. The number of fused-ring (bicyclic) bond motifs is 3. The lowest BCUT2D eigenvalue weighted by Gasteiger charge is -2.09. The largest absolute Gasteiger partial charge is 0.437 e.